The molecule has 0 radical (unpaired) electrons. The lowest BCUT2D eigenvalue weighted by molar-refractivity contribution is 1.06. The number of fused-ring (bicyclic) bond motifs is 1. The number of imidazole rings is 1. The van der Waals surface area contributed by atoms with E-state index in [0.29, 0.717) is 0 Å². The molecule has 2 nitrogen and oxygen atoms in total. The fourth-order valence-electron chi connectivity index (χ4n) is 2.39. The van der Waals surface area contributed by atoms with Crippen LogP contribution in [0.25, 0.3) is 16.7 Å². The monoisotopic (exact) mass is 254 g/mol. The molecule has 0 saturated carbocycles. The summed E-state index contributed by atoms with van der Waals surface area (Å²) in [6, 6.07) is 14.7. The molecular weight excluding hydrogens is 240 g/mol. The normalized spacial score (nSPS) is 11.0. The number of benzene rings is 2. The fourth-order valence-corrected chi connectivity index (χ4v) is 2.70. The van der Waals surface area contributed by atoms with E-state index in [9.17, 15) is 0 Å². The molecule has 2 aromatic carbocycles. The van der Waals surface area contributed by atoms with Gasteiger partial charge in [0.15, 0.2) is 4.77 Å². The number of H-pyrrole nitrogens is 1. The first-order chi connectivity index (χ1) is 8.65. The predicted octanol–water partition coefficient (Wildman–Crippen LogP) is 4.30. The molecule has 0 atom stereocenters. The van der Waals surface area contributed by atoms with Crippen LogP contribution in [0.5, 0.6) is 0 Å². The Morgan fingerprint density at radius 3 is 2.39 bits per heavy atom. The number of hydrogen-bond donors (Lipinski definition) is 1. The first-order valence-electron chi connectivity index (χ1n) is 5.93. The van der Waals surface area contributed by atoms with Crippen LogP contribution in [0.1, 0.15) is 11.1 Å². The van der Waals surface area contributed by atoms with Crippen molar-refractivity contribution in [3.63, 3.8) is 0 Å². The molecule has 0 aliphatic rings. The third kappa shape index (κ3) is 1.77. The van der Waals surface area contributed by atoms with Crippen LogP contribution in [0.2, 0.25) is 0 Å². The number of aryl methyl sites for hydroxylation is 2. The minimum Gasteiger partial charge on any atom is -0.330 e. The van der Waals surface area contributed by atoms with Gasteiger partial charge in [-0.15, -0.1) is 0 Å². The van der Waals surface area contributed by atoms with Gasteiger partial charge < -0.3 is 4.98 Å². The molecule has 0 fully saturated rings. The summed E-state index contributed by atoms with van der Waals surface area (Å²) in [5, 5.41) is 0. The largest absolute Gasteiger partial charge is 0.330 e. The molecule has 0 saturated heterocycles. The zero-order valence-electron chi connectivity index (χ0n) is 10.4. The number of nitrogens with one attached hydrogen (secondary N) is 1. The number of para-hydroxylation sites is 2. The zero-order valence-corrected chi connectivity index (χ0v) is 11.2. The second-order valence-corrected chi connectivity index (χ2v) is 5.02. The Balaban J connectivity index is 2.37. The Morgan fingerprint density at radius 2 is 1.67 bits per heavy atom. The van der Waals surface area contributed by atoms with Gasteiger partial charge in [0.25, 0.3) is 0 Å². The van der Waals surface area contributed by atoms with E-state index in [-0.39, 0.29) is 0 Å². The summed E-state index contributed by atoms with van der Waals surface area (Å²) in [4.78, 5) is 3.24. The minimum atomic E-state index is 0.737. The highest BCUT2D eigenvalue weighted by molar-refractivity contribution is 7.71. The van der Waals surface area contributed by atoms with Gasteiger partial charge in [-0.3, -0.25) is 4.57 Å². The molecule has 0 aliphatic heterocycles. The Morgan fingerprint density at radius 1 is 1.00 bits per heavy atom. The number of rotatable bonds is 1. The van der Waals surface area contributed by atoms with Crippen molar-refractivity contribution >= 4 is 23.3 Å². The smallest absolute Gasteiger partial charge is 0.182 e. The van der Waals surface area contributed by atoms with E-state index >= 15 is 0 Å². The van der Waals surface area contributed by atoms with Gasteiger partial charge in [-0.1, -0.05) is 18.2 Å². The summed E-state index contributed by atoms with van der Waals surface area (Å²) in [5.74, 6) is 0. The number of aromatic amines is 1. The number of hydrogen-bond acceptors (Lipinski definition) is 1. The van der Waals surface area contributed by atoms with Gasteiger partial charge in [0.05, 0.1) is 11.0 Å². The van der Waals surface area contributed by atoms with Crippen LogP contribution in [-0.2, 0) is 0 Å². The Hall–Kier alpha value is -1.87. The molecule has 3 aromatic rings. The first kappa shape index (κ1) is 11.2. The van der Waals surface area contributed by atoms with Gasteiger partial charge in [-0.05, 0) is 61.5 Å². The maximum absolute atomic E-state index is 5.43. The van der Waals surface area contributed by atoms with E-state index < -0.39 is 0 Å². The third-order valence-corrected chi connectivity index (χ3v) is 3.34. The Kier molecular flexibility index (Phi) is 2.56. The summed E-state index contributed by atoms with van der Waals surface area (Å²) < 4.78 is 2.83. The van der Waals surface area contributed by atoms with E-state index in [1.807, 2.05) is 18.2 Å². The summed E-state index contributed by atoms with van der Waals surface area (Å²) in [5.41, 5.74) is 5.80. The van der Waals surface area contributed by atoms with E-state index in [1.54, 1.807) is 0 Å². The van der Waals surface area contributed by atoms with Crippen LogP contribution < -0.4 is 0 Å². The Labute approximate surface area is 111 Å². The summed E-state index contributed by atoms with van der Waals surface area (Å²) in [7, 11) is 0. The van der Waals surface area contributed by atoms with Crippen molar-refractivity contribution in [1.29, 1.82) is 0 Å². The topological polar surface area (TPSA) is 20.7 Å². The molecule has 1 heterocycles. The van der Waals surface area contributed by atoms with Crippen LogP contribution in [-0.4, -0.2) is 9.55 Å². The second kappa shape index (κ2) is 4.10. The maximum Gasteiger partial charge on any atom is 0.182 e. The highest BCUT2D eigenvalue weighted by Gasteiger charge is 2.06. The average Bonchev–Trinajstić information content (AvgIpc) is 2.63. The van der Waals surface area contributed by atoms with Crippen LogP contribution in [0.4, 0.5) is 0 Å². The lowest BCUT2D eigenvalue weighted by Crippen LogP contribution is -1.95. The van der Waals surface area contributed by atoms with Gasteiger partial charge in [-0.2, -0.15) is 0 Å². The molecule has 1 aromatic heterocycles. The third-order valence-electron chi connectivity index (χ3n) is 3.05. The van der Waals surface area contributed by atoms with Crippen molar-refractivity contribution in [2.24, 2.45) is 0 Å². The molecule has 0 unspecified atom stereocenters. The van der Waals surface area contributed by atoms with Gasteiger partial charge in [0, 0.05) is 5.69 Å². The van der Waals surface area contributed by atoms with Crippen LogP contribution >= 0.6 is 12.2 Å². The van der Waals surface area contributed by atoms with E-state index in [4.69, 9.17) is 12.2 Å². The molecule has 18 heavy (non-hydrogen) atoms. The molecular formula is C15H14N2S. The first-order valence-corrected chi connectivity index (χ1v) is 6.34. The van der Waals surface area contributed by atoms with E-state index in [1.165, 1.54) is 11.1 Å². The minimum absolute atomic E-state index is 0.737. The van der Waals surface area contributed by atoms with Crippen molar-refractivity contribution in [1.82, 2.24) is 9.55 Å². The van der Waals surface area contributed by atoms with Gasteiger partial charge in [-0.25, -0.2) is 0 Å². The fraction of sp³-hybridized carbons (Fsp3) is 0.133. The highest BCUT2D eigenvalue weighted by atomic mass is 32.1. The SMILES string of the molecule is Cc1cc(C)cc(-n2c(=S)[nH]c3ccccc32)c1. The maximum atomic E-state index is 5.43. The lowest BCUT2D eigenvalue weighted by atomic mass is 10.1. The van der Waals surface area contributed by atoms with Crippen molar-refractivity contribution in [3.05, 3.63) is 58.4 Å². The van der Waals surface area contributed by atoms with Crippen LogP contribution in [0.3, 0.4) is 0 Å². The van der Waals surface area contributed by atoms with Crippen molar-refractivity contribution in [2.75, 3.05) is 0 Å². The number of nitrogens with zero attached hydrogens (tertiary/aromatic N) is 1. The van der Waals surface area contributed by atoms with Crippen molar-refractivity contribution in [3.8, 4) is 5.69 Å². The summed E-state index contributed by atoms with van der Waals surface area (Å²) >= 11 is 5.43. The summed E-state index contributed by atoms with van der Waals surface area (Å²) in [6.07, 6.45) is 0. The average molecular weight is 254 g/mol. The van der Waals surface area contributed by atoms with E-state index in [0.717, 1.165) is 21.5 Å². The van der Waals surface area contributed by atoms with E-state index in [2.05, 4.69) is 47.7 Å². The molecule has 90 valence electrons. The molecule has 0 bridgehead atoms. The lowest BCUT2D eigenvalue weighted by Gasteiger charge is -2.07. The highest BCUT2D eigenvalue weighted by Crippen LogP contribution is 2.21. The van der Waals surface area contributed by atoms with Gasteiger partial charge in [0.1, 0.15) is 0 Å². The quantitative estimate of drug-likeness (QED) is 0.642. The van der Waals surface area contributed by atoms with Crippen LogP contribution in [0, 0.1) is 18.6 Å². The molecule has 3 heteroatoms. The van der Waals surface area contributed by atoms with Crippen molar-refractivity contribution in [2.45, 2.75) is 13.8 Å². The zero-order chi connectivity index (χ0) is 12.7. The summed E-state index contributed by atoms with van der Waals surface area (Å²) in [6.45, 7) is 4.21. The number of aromatic nitrogens is 2. The van der Waals surface area contributed by atoms with Crippen LogP contribution in [0.15, 0.2) is 42.5 Å². The van der Waals surface area contributed by atoms with Gasteiger partial charge >= 0.3 is 0 Å². The Bertz CT molecular complexity index is 760. The molecule has 3 rings (SSSR count). The molecule has 0 spiro atoms. The second-order valence-electron chi connectivity index (χ2n) is 4.63. The van der Waals surface area contributed by atoms with Crippen molar-refractivity contribution < 1.29 is 0 Å². The predicted molar refractivity (Wildman–Crippen MR) is 77.9 cm³/mol. The van der Waals surface area contributed by atoms with Gasteiger partial charge in [0.2, 0.25) is 0 Å². The molecule has 0 amide bonds. The standard InChI is InChI=1S/C15H14N2S/c1-10-7-11(2)9-12(8-10)17-14-6-4-3-5-13(14)16-15(17)18/h3-9H,1-2H3,(H,16,18). The molecule has 1 N–H and O–H groups in total. The molecule has 0 aliphatic carbocycles.